The normalized spacial score (nSPS) is 13.1. The molecule has 11 heteroatoms. The molecule has 1 aliphatic rings. The number of esters is 1. The topological polar surface area (TPSA) is 130 Å². The number of piperazine rings is 1. The van der Waals surface area contributed by atoms with Crippen LogP contribution in [0, 0.1) is 0 Å². The largest absolute Gasteiger partial charge is 0.465 e. The predicted octanol–water partition coefficient (Wildman–Crippen LogP) is 1.84. The molecule has 2 N–H and O–H groups in total. The van der Waals surface area contributed by atoms with Crippen LogP contribution in [0.3, 0.4) is 0 Å². The number of anilines is 2. The monoisotopic (exact) mass is 503 g/mol. The van der Waals surface area contributed by atoms with Gasteiger partial charge in [0.05, 0.1) is 18.2 Å². The lowest BCUT2D eigenvalue weighted by atomic mass is 10.1. The van der Waals surface area contributed by atoms with Gasteiger partial charge in [-0.1, -0.05) is 30.3 Å². The summed E-state index contributed by atoms with van der Waals surface area (Å²) < 4.78 is 4.81. The summed E-state index contributed by atoms with van der Waals surface area (Å²) in [4.78, 5) is 53.7. The Labute approximate surface area is 214 Å². The van der Waals surface area contributed by atoms with Gasteiger partial charge in [-0.05, 0) is 6.07 Å². The average Bonchev–Trinajstić information content (AvgIpc) is 2.95. The number of carbonyl (C=O) groups excluding carboxylic acids is 3. The molecule has 1 aliphatic heterocycles. The number of carbonyl (C=O) groups is 3. The number of hydrogen-bond acceptors (Lipinski definition) is 9. The maximum absolute atomic E-state index is 13.2. The first kappa shape index (κ1) is 25.5. The van der Waals surface area contributed by atoms with Gasteiger partial charge in [0, 0.05) is 70.2 Å². The van der Waals surface area contributed by atoms with Crippen LogP contribution in [0.25, 0.3) is 11.4 Å². The first-order valence-corrected chi connectivity index (χ1v) is 12.0. The second-order valence-electron chi connectivity index (χ2n) is 8.40. The number of amides is 2. The van der Waals surface area contributed by atoms with Crippen molar-refractivity contribution in [2.24, 2.45) is 0 Å². The summed E-state index contributed by atoms with van der Waals surface area (Å²) in [6, 6.07) is 13.1. The van der Waals surface area contributed by atoms with Crippen LogP contribution in [0.2, 0.25) is 0 Å². The summed E-state index contributed by atoms with van der Waals surface area (Å²) >= 11 is 0. The first-order chi connectivity index (χ1) is 18.0. The third-order valence-electron chi connectivity index (χ3n) is 5.90. The van der Waals surface area contributed by atoms with Crippen LogP contribution in [0.5, 0.6) is 0 Å². The molecule has 0 bridgehead atoms. The Balaban J connectivity index is 1.49. The van der Waals surface area contributed by atoms with E-state index < -0.39 is 5.97 Å². The standard InChI is InChI=1S/C26H29N7O4/c1-18(34)28-10-11-29-22-16-23(31-24(30-22)19-6-4-3-5-7-19)32-12-14-33(15-13-32)25(35)21-17-27-9-8-20(21)26(36)37-2/h3-9,16-17H,10-15H2,1-2H3,(H,28,34)(H,29,30,31). The minimum atomic E-state index is -0.572. The molecule has 2 amide bonds. The summed E-state index contributed by atoms with van der Waals surface area (Å²) in [5.41, 5.74) is 1.31. The van der Waals surface area contributed by atoms with Gasteiger partial charge in [-0.15, -0.1) is 0 Å². The van der Waals surface area contributed by atoms with Crippen molar-refractivity contribution in [3.05, 3.63) is 66.0 Å². The van der Waals surface area contributed by atoms with Crippen molar-refractivity contribution in [3.8, 4) is 11.4 Å². The van der Waals surface area contributed by atoms with Crippen molar-refractivity contribution in [3.63, 3.8) is 0 Å². The van der Waals surface area contributed by atoms with Gasteiger partial charge in [-0.2, -0.15) is 0 Å². The summed E-state index contributed by atoms with van der Waals surface area (Å²) in [5.74, 6) is 1.04. The van der Waals surface area contributed by atoms with Crippen LogP contribution in [0.4, 0.5) is 11.6 Å². The molecule has 0 spiro atoms. The number of methoxy groups -OCH3 is 1. The van der Waals surface area contributed by atoms with Gasteiger partial charge < -0.3 is 25.2 Å². The number of hydrogen-bond donors (Lipinski definition) is 2. The molecule has 0 saturated carbocycles. The third-order valence-corrected chi connectivity index (χ3v) is 5.90. The van der Waals surface area contributed by atoms with Gasteiger partial charge in [0.15, 0.2) is 5.82 Å². The van der Waals surface area contributed by atoms with E-state index in [1.54, 1.807) is 4.90 Å². The molecule has 1 fully saturated rings. The van der Waals surface area contributed by atoms with E-state index in [9.17, 15) is 14.4 Å². The van der Waals surface area contributed by atoms with Crippen LogP contribution in [0.1, 0.15) is 27.6 Å². The zero-order valence-electron chi connectivity index (χ0n) is 20.8. The Kier molecular flexibility index (Phi) is 8.24. The van der Waals surface area contributed by atoms with E-state index in [1.165, 1.54) is 32.5 Å². The molecule has 2 aromatic heterocycles. The zero-order chi connectivity index (χ0) is 26.2. The minimum absolute atomic E-state index is 0.0902. The van der Waals surface area contributed by atoms with Crippen molar-refractivity contribution in [2.45, 2.75) is 6.92 Å². The molecular formula is C26H29N7O4. The summed E-state index contributed by atoms with van der Waals surface area (Å²) in [7, 11) is 1.28. The SMILES string of the molecule is COC(=O)c1ccncc1C(=O)N1CCN(c2cc(NCCNC(C)=O)nc(-c3ccccc3)n2)CC1. The van der Waals surface area contributed by atoms with Crippen molar-refractivity contribution in [2.75, 3.05) is 56.6 Å². The number of nitrogens with one attached hydrogen (secondary N) is 2. The lowest BCUT2D eigenvalue weighted by molar-refractivity contribution is -0.118. The van der Waals surface area contributed by atoms with E-state index >= 15 is 0 Å². The Morgan fingerprint density at radius 1 is 0.973 bits per heavy atom. The van der Waals surface area contributed by atoms with E-state index in [2.05, 4.69) is 25.5 Å². The predicted molar refractivity (Wildman–Crippen MR) is 138 cm³/mol. The van der Waals surface area contributed by atoms with E-state index in [1.807, 2.05) is 36.4 Å². The summed E-state index contributed by atoms with van der Waals surface area (Å²) in [6.07, 6.45) is 2.86. The van der Waals surface area contributed by atoms with E-state index in [4.69, 9.17) is 9.72 Å². The molecule has 1 aromatic carbocycles. The highest BCUT2D eigenvalue weighted by atomic mass is 16.5. The van der Waals surface area contributed by atoms with Crippen LogP contribution >= 0.6 is 0 Å². The third kappa shape index (κ3) is 6.37. The fraction of sp³-hybridized carbons (Fsp3) is 0.308. The second-order valence-corrected chi connectivity index (χ2v) is 8.40. The lowest BCUT2D eigenvalue weighted by Crippen LogP contribution is -2.49. The van der Waals surface area contributed by atoms with Gasteiger partial charge in [0.2, 0.25) is 5.91 Å². The minimum Gasteiger partial charge on any atom is -0.465 e. The molecule has 0 aliphatic carbocycles. The van der Waals surface area contributed by atoms with Crippen molar-refractivity contribution >= 4 is 29.4 Å². The van der Waals surface area contributed by atoms with Crippen LogP contribution in [-0.4, -0.2) is 84.0 Å². The van der Waals surface area contributed by atoms with Crippen molar-refractivity contribution in [1.29, 1.82) is 0 Å². The fourth-order valence-corrected chi connectivity index (χ4v) is 3.99. The molecule has 4 rings (SSSR count). The van der Waals surface area contributed by atoms with Gasteiger partial charge in [0.25, 0.3) is 5.91 Å². The maximum Gasteiger partial charge on any atom is 0.338 e. The zero-order valence-corrected chi connectivity index (χ0v) is 20.8. The lowest BCUT2D eigenvalue weighted by Gasteiger charge is -2.35. The smallest absolute Gasteiger partial charge is 0.338 e. The Morgan fingerprint density at radius 2 is 1.73 bits per heavy atom. The maximum atomic E-state index is 13.2. The summed E-state index contributed by atoms with van der Waals surface area (Å²) in [6.45, 7) is 4.46. The molecule has 0 unspecified atom stereocenters. The Bertz CT molecular complexity index is 1260. The van der Waals surface area contributed by atoms with E-state index in [0.717, 1.165) is 11.4 Å². The van der Waals surface area contributed by atoms with E-state index in [-0.39, 0.29) is 22.9 Å². The highest BCUT2D eigenvalue weighted by Gasteiger charge is 2.27. The summed E-state index contributed by atoms with van der Waals surface area (Å²) in [5, 5.41) is 6.01. The van der Waals surface area contributed by atoms with Crippen molar-refractivity contribution < 1.29 is 19.1 Å². The quantitative estimate of drug-likeness (QED) is 0.349. The fourth-order valence-electron chi connectivity index (χ4n) is 3.99. The van der Waals surface area contributed by atoms with Gasteiger partial charge in [-0.25, -0.2) is 14.8 Å². The van der Waals surface area contributed by atoms with Crippen LogP contribution < -0.4 is 15.5 Å². The van der Waals surface area contributed by atoms with Crippen LogP contribution in [0.15, 0.2) is 54.9 Å². The number of pyridine rings is 1. The molecule has 192 valence electrons. The molecule has 11 nitrogen and oxygen atoms in total. The Hall–Kier alpha value is -4.54. The number of benzene rings is 1. The number of ether oxygens (including phenoxy) is 1. The average molecular weight is 504 g/mol. The van der Waals surface area contributed by atoms with Crippen molar-refractivity contribution in [1.82, 2.24) is 25.2 Å². The highest BCUT2D eigenvalue weighted by molar-refractivity contribution is 6.05. The van der Waals surface area contributed by atoms with Gasteiger partial charge in [-0.3, -0.25) is 14.6 Å². The van der Waals surface area contributed by atoms with Crippen LogP contribution in [-0.2, 0) is 9.53 Å². The first-order valence-electron chi connectivity index (χ1n) is 12.0. The second kappa shape index (κ2) is 11.9. The molecule has 1 saturated heterocycles. The molecule has 3 heterocycles. The number of rotatable bonds is 8. The molecule has 3 aromatic rings. The Morgan fingerprint density at radius 3 is 2.43 bits per heavy atom. The molecule has 0 radical (unpaired) electrons. The molecule has 37 heavy (non-hydrogen) atoms. The molecular weight excluding hydrogens is 474 g/mol. The van der Waals surface area contributed by atoms with Gasteiger partial charge >= 0.3 is 5.97 Å². The number of aromatic nitrogens is 3. The van der Waals surface area contributed by atoms with Gasteiger partial charge in [0.1, 0.15) is 11.6 Å². The highest BCUT2D eigenvalue weighted by Crippen LogP contribution is 2.24. The van der Waals surface area contributed by atoms with E-state index in [0.29, 0.717) is 50.9 Å². The number of nitrogens with zero attached hydrogens (tertiary/aromatic N) is 5. The molecule has 0 atom stereocenters.